The molecule has 7 aromatic rings. The molecule has 0 heterocycles. The maximum Gasteiger partial charge on any atom is 0.0467 e. The predicted octanol–water partition coefficient (Wildman–Crippen LogP) is 14.3. The Labute approximate surface area is 326 Å². The molecule has 0 spiro atoms. The second kappa shape index (κ2) is 17.4. The average molecular weight is 708 g/mol. The first kappa shape index (κ1) is 35.3. The molecule has 0 bridgehead atoms. The lowest BCUT2D eigenvalue weighted by atomic mass is 9.91. The fraction of sp³-hybridized carbons (Fsp3) is 0.0741. The first-order valence-corrected chi connectivity index (χ1v) is 19.4. The van der Waals surface area contributed by atoms with Crippen LogP contribution in [0.15, 0.2) is 212 Å². The maximum absolute atomic E-state index is 2.42. The molecular formula is C54H45N. The van der Waals surface area contributed by atoms with Gasteiger partial charge in [-0.25, -0.2) is 0 Å². The van der Waals surface area contributed by atoms with E-state index in [2.05, 4.69) is 229 Å². The van der Waals surface area contributed by atoms with E-state index in [1.165, 1.54) is 69.5 Å². The van der Waals surface area contributed by atoms with Crippen LogP contribution < -0.4 is 4.90 Å². The molecule has 0 amide bonds. The van der Waals surface area contributed by atoms with Crippen molar-refractivity contribution in [2.75, 3.05) is 4.90 Å². The highest BCUT2D eigenvalue weighted by molar-refractivity contribution is 5.83. The fourth-order valence-corrected chi connectivity index (χ4v) is 7.51. The van der Waals surface area contributed by atoms with Crippen LogP contribution in [-0.2, 0) is 12.8 Å². The fourth-order valence-electron chi connectivity index (χ4n) is 7.51. The highest BCUT2D eigenvalue weighted by Gasteiger charge is 2.16. The van der Waals surface area contributed by atoms with Crippen molar-refractivity contribution in [3.63, 3.8) is 0 Å². The van der Waals surface area contributed by atoms with E-state index in [9.17, 15) is 0 Å². The van der Waals surface area contributed by atoms with Crippen molar-refractivity contribution in [1.82, 2.24) is 0 Å². The lowest BCUT2D eigenvalue weighted by Gasteiger charge is -2.28. The summed E-state index contributed by atoms with van der Waals surface area (Å²) in [5.74, 6) is 0. The van der Waals surface area contributed by atoms with Gasteiger partial charge in [-0.1, -0.05) is 188 Å². The molecule has 0 aromatic heterocycles. The van der Waals surface area contributed by atoms with Gasteiger partial charge in [-0.15, -0.1) is 0 Å². The third kappa shape index (κ3) is 8.75. The SMILES string of the molecule is C(/C=C/c1ccc(N(c2cccc(/C=C/C=C(c3ccccc3)c3ccccc3)c2)c2ccc3c(c2)CCCC3)cc1)=C(c1ccccc1)c1ccccc1. The van der Waals surface area contributed by atoms with Crippen molar-refractivity contribution < 1.29 is 0 Å². The summed E-state index contributed by atoms with van der Waals surface area (Å²) in [6, 6.07) is 67.3. The summed E-state index contributed by atoms with van der Waals surface area (Å²) in [5.41, 5.74) is 15.9. The van der Waals surface area contributed by atoms with Gasteiger partial charge in [0.1, 0.15) is 0 Å². The van der Waals surface area contributed by atoms with Crippen LogP contribution in [0.2, 0.25) is 0 Å². The van der Waals surface area contributed by atoms with Gasteiger partial charge in [0.25, 0.3) is 0 Å². The Kier molecular flexibility index (Phi) is 11.2. The number of hydrogen-bond donors (Lipinski definition) is 0. The van der Waals surface area contributed by atoms with Crippen molar-refractivity contribution in [2.45, 2.75) is 25.7 Å². The number of hydrogen-bond acceptors (Lipinski definition) is 1. The first-order chi connectivity index (χ1) is 27.3. The Balaban J connectivity index is 1.11. The molecule has 266 valence electrons. The Hall–Kier alpha value is -6.70. The van der Waals surface area contributed by atoms with Gasteiger partial charge in [0.15, 0.2) is 0 Å². The third-order valence-electron chi connectivity index (χ3n) is 10.3. The second-order valence-corrected chi connectivity index (χ2v) is 14.0. The molecule has 0 radical (unpaired) electrons. The molecule has 0 aliphatic heterocycles. The standard InChI is InChI=1S/C54H45N/c1-5-22-45(23-6-1)53(46-24-7-2-8-25-46)32-16-18-42-34-37-50(38-35-42)55(52-39-36-44-21-13-14-30-49(44)41-52)51-31-15-19-43(40-51)20-17-33-54(47-26-9-3-10-27-47)48-28-11-4-12-29-48/h1-12,15-20,22-29,31-41H,13-14,21,30H2/b18-16+,20-17+. The van der Waals surface area contributed by atoms with Crippen molar-refractivity contribution >= 4 is 40.4 Å². The highest BCUT2D eigenvalue weighted by Crippen LogP contribution is 2.37. The quantitative estimate of drug-likeness (QED) is 0.121. The topological polar surface area (TPSA) is 3.24 Å². The van der Waals surface area contributed by atoms with E-state index in [0.717, 1.165) is 28.9 Å². The van der Waals surface area contributed by atoms with Crippen molar-refractivity contribution in [2.24, 2.45) is 0 Å². The lowest BCUT2D eigenvalue weighted by Crippen LogP contribution is -2.12. The van der Waals surface area contributed by atoms with Crippen LogP contribution in [0, 0.1) is 0 Å². The highest BCUT2D eigenvalue weighted by atomic mass is 15.1. The Morgan fingerprint density at radius 3 is 1.35 bits per heavy atom. The van der Waals surface area contributed by atoms with Gasteiger partial charge >= 0.3 is 0 Å². The van der Waals surface area contributed by atoms with Crippen molar-refractivity contribution in [3.05, 3.63) is 257 Å². The molecule has 0 saturated heterocycles. The number of rotatable bonds is 11. The molecule has 0 unspecified atom stereocenters. The van der Waals surface area contributed by atoms with Crippen LogP contribution in [0.5, 0.6) is 0 Å². The summed E-state index contributed by atoms with van der Waals surface area (Å²) in [7, 11) is 0. The van der Waals surface area contributed by atoms with Gasteiger partial charge in [-0.3, -0.25) is 0 Å². The molecular weight excluding hydrogens is 663 g/mol. The van der Waals surface area contributed by atoms with E-state index in [4.69, 9.17) is 0 Å². The summed E-state index contributed by atoms with van der Waals surface area (Å²) >= 11 is 0. The molecule has 55 heavy (non-hydrogen) atoms. The van der Waals surface area contributed by atoms with Crippen LogP contribution in [-0.4, -0.2) is 0 Å². The molecule has 8 rings (SSSR count). The number of benzene rings is 7. The molecule has 1 heteroatoms. The zero-order valence-corrected chi connectivity index (χ0v) is 31.1. The smallest absolute Gasteiger partial charge is 0.0467 e. The van der Waals surface area contributed by atoms with Crippen LogP contribution in [0.4, 0.5) is 17.1 Å². The number of aryl methyl sites for hydroxylation is 2. The van der Waals surface area contributed by atoms with Crippen molar-refractivity contribution in [3.8, 4) is 0 Å². The van der Waals surface area contributed by atoms with E-state index in [1.54, 1.807) is 0 Å². The van der Waals surface area contributed by atoms with Gasteiger partial charge in [-0.2, -0.15) is 0 Å². The maximum atomic E-state index is 2.42. The Morgan fingerprint density at radius 2 is 0.818 bits per heavy atom. The summed E-state index contributed by atoms with van der Waals surface area (Å²) in [6.07, 6.45) is 18.0. The number of anilines is 3. The molecule has 0 N–H and O–H groups in total. The largest absolute Gasteiger partial charge is 0.310 e. The van der Waals surface area contributed by atoms with E-state index in [0.29, 0.717) is 0 Å². The number of nitrogens with zero attached hydrogens (tertiary/aromatic N) is 1. The first-order valence-electron chi connectivity index (χ1n) is 19.4. The van der Waals surface area contributed by atoms with Gasteiger partial charge < -0.3 is 4.90 Å². The summed E-state index contributed by atoms with van der Waals surface area (Å²) in [6.45, 7) is 0. The van der Waals surface area contributed by atoms with Crippen LogP contribution in [0.25, 0.3) is 23.3 Å². The minimum absolute atomic E-state index is 1.13. The van der Waals surface area contributed by atoms with Crippen LogP contribution in [0.1, 0.15) is 57.3 Å². The third-order valence-corrected chi connectivity index (χ3v) is 10.3. The molecule has 7 aromatic carbocycles. The van der Waals surface area contributed by atoms with E-state index >= 15 is 0 Å². The van der Waals surface area contributed by atoms with Gasteiger partial charge in [0, 0.05) is 17.1 Å². The lowest BCUT2D eigenvalue weighted by molar-refractivity contribution is 0.685. The van der Waals surface area contributed by atoms with Gasteiger partial charge in [0.2, 0.25) is 0 Å². The van der Waals surface area contributed by atoms with E-state index in [1.807, 2.05) is 0 Å². The van der Waals surface area contributed by atoms with Gasteiger partial charge in [-0.05, 0) is 118 Å². The zero-order chi connectivity index (χ0) is 37.1. The Morgan fingerprint density at radius 1 is 0.364 bits per heavy atom. The molecule has 0 saturated carbocycles. The minimum Gasteiger partial charge on any atom is -0.310 e. The number of allylic oxidation sites excluding steroid dienone is 4. The molecule has 1 aliphatic rings. The average Bonchev–Trinajstić information content (AvgIpc) is 3.26. The summed E-state index contributed by atoms with van der Waals surface area (Å²) in [5, 5.41) is 0. The van der Waals surface area contributed by atoms with E-state index < -0.39 is 0 Å². The summed E-state index contributed by atoms with van der Waals surface area (Å²) < 4.78 is 0. The normalized spacial score (nSPS) is 12.3. The molecule has 1 nitrogen and oxygen atoms in total. The van der Waals surface area contributed by atoms with E-state index in [-0.39, 0.29) is 0 Å². The predicted molar refractivity (Wildman–Crippen MR) is 236 cm³/mol. The zero-order valence-electron chi connectivity index (χ0n) is 31.1. The Bertz CT molecular complexity index is 2350. The number of fused-ring (bicyclic) bond motifs is 1. The second-order valence-electron chi connectivity index (χ2n) is 14.0. The van der Waals surface area contributed by atoms with Gasteiger partial charge in [0.05, 0.1) is 0 Å². The van der Waals surface area contributed by atoms with Crippen LogP contribution in [0.3, 0.4) is 0 Å². The molecule has 0 fully saturated rings. The monoisotopic (exact) mass is 707 g/mol. The minimum atomic E-state index is 1.13. The molecule has 1 aliphatic carbocycles. The van der Waals surface area contributed by atoms with Crippen molar-refractivity contribution in [1.29, 1.82) is 0 Å². The molecule has 0 atom stereocenters. The summed E-state index contributed by atoms with van der Waals surface area (Å²) in [4.78, 5) is 2.40. The van der Waals surface area contributed by atoms with Crippen LogP contribution >= 0.6 is 0 Å².